The van der Waals surface area contributed by atoms with Crippen LogP contribution in [0.5, 0.6) is 0 Å². The minimum atomic E-state index is -0.553. The van der Waals surface area contributed by atoms with Crippen LogP contribution >= 0.6 is 0 Å². The van der Waals surface area contributed by atoms with E-state index in [2.05, 4.69) is 10.3 Å². The molecule has 0 radical (unpaired) electrons. The van der Waals surface area contributed by atoms with Crippen LogP contribution in [0.25, 0.3) is 0 Å². The molecule has 1 aromatic rings. The van der Waals surface area contributed by atoms with Crippen molar-refractivity contribution in [3.63, 3.8) is 0 Å². The van der Waals surface area contributed by atoms with Crippen LogP contribution in [0.15, 0.2) is 29.3 Å². The first-order chi connectivity index (χ1) is 13.7. The highest BCUT2D eigenvalue weighted by Gasteiger charge is 2.29. The molecular weight excluding hydrogens is 372 g/mol. The molecule has 0 saturated carbocycles. The topological polar surface area (TPSA) is 83.5 Å². The number of likely N-dealkylation sites (N-methyl/N-ethyl adjacent to an activating group) is 2. The van der Waals surface area contributed by atoms with Gasteiger partial charge in [0, 0.05) is 25.7 Å². The molecule has 1 aliphatic heterocycles. The number of aliphatic imine (C=N–C) groups is 1. The SMILES string of the molecule is CNCCOCC(=O)N(C)Cc1ccc(C2=NCCN2C(=O)OC(C)(C)C)cc1. The van der Waals surface area contributed by atoms with Crippen molar-refractivity contribution >= 4 is 17.8 Å². The van der Waals surface area contributed by atoms with Crippen LogP contribution < -0.4 is 5.32 Å². The minimum absolute atomic E-state index is 0.0674. The summed E-state index contributed by atoms with van der Waals surface area (Å²) < 4.78 is 10.8. The lowest BCUT2D eigenvalue weighted by atomic mass is 10.1. The maximum atomic E-state index is 12.4. The van der Waals surface area contributed by atoms with Gasteiger partial charge in [-0.15, -0.1) is 0 Å². The number of hydrogen-bond acceptors (Lipinski definition) is 6. The first kappa shape index (κ1) is 22.8. The first-order valence-corrected chi connectivity index (χ1v) is 9.82. The van der Waals surface area contributed by atoms with E-state index in [1.807, 2.05) is 52.1 Å². The molecule has 2 amide bonds. The van der Waals surface area contributed by atoms with Crippen molar-refractivity contribution in [3.05, 3.63) is 35.4 Å². The second-order valence-electron chi connectivity index (χ2n) is 7.94. The fourth-order valence-corrected chi connectivity index (χ4v) is 2.75. The van der Waals surface area contributed by atoms with Crippen LogP contribution in [0.3, 0.4) is 0 Å². The minimum Gasteiger partial charge on any atom is -0.443 e. The van der Waals surface area contributed by atoms with E-state index < -0.39 is 5.60 Å². The van der Waals surface area contributed by atoms with Crippen LogP contribution in [-0.2, 0) is 20.8 Å². The van der Waals surface area contributed by atoms with Gasteiger partial charge in [0.15, 0.2) is 0 Å². The Bertz CT molecular complexity index is 725. The smallest absolute Gasteiger partial charge is 0.416 e. The Kier molecular flexibility index (Phi) is 8.16. The van der Waals surface area contributed by atoms with Gasteiger partial charge in [-0.2, -0.15) is 0 Å². The number of nitrogens with one attached hydrogen (secondary N) is 1. The molecule has 0 atom stereocenters. The maximum Gasteiger partial charge on any atom is 0.416 e. The number of benzene rings is 1. The average molecular weight is 405 g/mol. The number of nitrogens with zero attached hydrogens (tertiary/aromatic N) is 3. The summed E-state index contributed by atoms with van der Waals surface area (Å²) in [5.41, 5.74) is 1.28. The van der Waals surface area contributed by atoms with E-state index in [0.29, 0.717) is 38.6 Å². The normalized spacial score (nSPS) is 14.0. The van der Waals surface area contributed by atoms with Crippen molar-refractivity contribution in [2.45, 2.75) is 32.9 Å². The van der Waals surface area contributed by atoms with Crippen LogP contribution in [-0.4, -0.2) is 80.2 Å². The molecule has 0 spiro atoms. The maximum absolute atomic E-state index is 12.4. The van der Waals surface area contributed by atoms with Gasteiger partial charge in [0.25, 0.3) is 0 Å². The van der Waals surface area contributed by atoms with Gasteiger partial charge < -0.3 is 19.7 Å². The van der Waals surface area contributed by atoms with Crippen molar-refractivity contribution in [2.24, 2.45) is 4.99 Å². The van der Waals surface area contributed by atoms with E-state index in [0.717, 1.165) is 11.1 Å². The third-order valence-corrected chi connectivity index (χ3v) is 4.23. The molecule has 1 N–H and O–H groups in total. The Labute approximate surface area is 172 Å². The quantitative estimate of drug-likeness (QED) is 0.669. The second-order valence-corrected chi connectivity index (χ2v) is 7.94. The van der Waals surface area contributed by atoms with Gasteiger partial charge in [0.1, 0.15) is 18.0 Å². The summed E-state index contributed by atoms with van der Waals surface area (Å²) in [6, 6.07) is 7.71. The average Bonchev–Trinajstić information content (AvgIpc) is 3.14. The van der Waals surface area contributed by atoms with Gasteiger partial charge in [-0.3, -0.25) is 14.7 Å². The number of amidine groups is 1. The molecule has 0 saturated heterocycles. The van der Waals surface area contributed by atoms with E-state index in [1.54, 1.807) is 16.8 Å². The van der Waals surface area contributed by atoms with Crippen LogP contribution in [0.4, 0.5) is 4.79 Å². The van der Waals surface area contributed by atoms with Crippen molar-refractivity contribution in [2.75, 3.05) is 46.9 Å². The zero-order chi connectivity index (χ0) is 21.4. The number of carbonyl (C=O) groups excluding carboxylic acids is 2. The molecular formula is C21H32N4O4. The van der Waals surface area contributed by atoms with Gasteiger partial charge in [0.2, 0.25) is 5.91 Å². The van der Waals surface area contributed by atoms with Gasteiger partial charge in [-0.25, -0.2) is 4.79 Å². The molecule has 1 aromatic carbocycles. The third kappa shape index (κ3) is 7.14. The van der Waals surface area contributed by atoms with Crippen LogP contribution in [0.2, 0.25) is 0 Å². The zero-order valence-corrected chi connectivity index (χ0v) is 18.0. The number of ether oxygens (including phenoxy) is 2. The second kappa shape index (κ2) is 10.4. The molecule has 29 heavy (non-hydrogen) atoms. The van der Waals surface area contributed by atoms with Gasteiger partial charge >= 0.3 is 6.09 Å². The van der Waals surface area contributed by atoms with E-state index in [-0.39, 0.29) is 18.6 Å². The number of carbonyl (C=O) groups is 2. The lowest BCUT2D eigenvalue weighted by molar-refractivity contribution is -0.135. The Morgan fingerprint density at radius 3 is 2.55 bits per heavy atom. The lowest BCUT2D eigenvalue weighted by Gasteiger charge is -2.25. The molecule has 0 aromatic heterocycles. The fraction of sp³-hybridized carbons (Fsp3) is 0.571. The predicted octanol–water partition coefficient (Wildman–Crippen LogP) is 1.88. The van der Waals surface area contributed by atoms with Crippen molar-refractivity contribution in [3.8, 4) is 0 Å². The van der Waals surface area contributed by atoms with E-state index in [1.165, 1.54) is 0 Å². The summed E-state index contributed by atoms with van der Waals surface area (Å²) in [5.74, 6) is 0.551. The highest BCUT2D eigenvalue weighted by Crippen LogP contribution is 2.17. The van der Waals surface area contributed by atoms with E-state index in [9.17, 15) is 9.59 Å². The Morgan fingerprint density at radius 1 is 1.24 bits per heavy atom. The Hall–Kier alpha value is -2.45. The number of amides is 2. The van der Waals surface area contributed by atoms with E-state index in [4.69, 9.17) is 9.47 Å². The van der Waals surface area contributed by atoms with Gasteiger partial charge in [-0.1, -0.05) is 24.3 Å². The predicted molar refractivity (Wildman–Crippen MR) is 112 cm³/mol. The van der Waals surface area contributed by atoms with E-state index >= 15 is 0 Å². The number of hydrogen-bond donors (Lipinski definition) is 1. The Balaban J connectivity index is 1.94. The van der Waals surface area contributed by atoms with Gasteiger partial charge in [0.05, 0.1) is 19.7 Å². The molecule has 0 unspecified atom stereocenters. The van der Waals surface area contributed by atoms with Crippen molar-refractivity contribution in [1.29, 1.82) is 0 Å². The molecule has 0 fully saturated rings. The molecule has 8 nitrogen and oxygen atoms in total. The summed E-state index contributed by atoms with van der Waals surface area (Å²) in [5, 5.41) is 2.97. The zero-order valence-electron chi connectivity index (χ0n) is 18.0. The lowest BCUT2D eigenvalue weighted by Crippen LogP contribution is -2.39. The summed E-state index contributed by atoms with van der Waals surface area (Å²) in [7, 11) is 3.59. The standard InChI is InChI=1S/C21H32N4O4/c1-21(2,3)29-20(27)25-12-10-23-19(25)17-8-6-16(7-9-17)14-24(5)18(26)15-28-13-11-22-4/h6-9,22H,10-15H2,1-5H3. The largest absolute Gasteiger partial charge is 0.443 e. The molecule has 160 valence electrons. The van der Waals surface area contributed by atoms with Crippen molar-refractivity contribution in [1.82, 2.24) is 15.1 Å². The number of rotatable bonds is 8. The van der Waals surface area contributed by atoms with Crippen molar-refractivity contribution < 1.29 is 19.1 Å². The molecule has 0 aliphatic carbocycles. The molecule has 0 bridgehead atoms. The molecule has 2 rings (SSSR count). The molecule has 1 heterocycles. The molecule has 8 heteroatoms. The fourth-order valence-electron chi connectivity index (χ4n) is 2.75. The summed E-state index contributed by atoms with van der Waals surface area (Å²) in [6.45, 7) is 8.36. The summed E-state index contributed by atoms with van der Waals surface area (Å²) in [6.07, 6.45) is -0.388. The monoisotopic (exact) mass is 404 g/mol. The molecule has 1 aliphatic rings. The van der Waals surface area contributed by atoms with Crippen LogP contribution in [0.1, 0.15) is 31.9 Å². The van der Waals surface area contributed by atoms with Gasteiger partial charge in [-0.05, 0) is 33.4 Å². The van der Waals surface area contributed by atoms with Crippen LogP contribution in [0, 0.1) is 0 Å². The summed E-state index contributed by atoms with van der Waals surface area (Å²) >= 11 is 0. The third-order valence-electron chi connectivity index (χ3n) is 4.23. The highest BCUT2D eigenvalue weighted by molar-refractivity contribution is 6.07. The summed E-state index contributed by atoms with van der Waals surface area (Å²) in [4.78, 5) is 32.2. The highest BCUT2D eigenvalue weighted by atomic mass is 16.6. The Morgan fingerprint density at radius 2 is 1.93 bits per heavy atom. The first-order valence-electron chi connectivity index (χ1n) is 9.82.